The number of nitrogens with zero attached hydrogens (tertiary/aromatic N) is 1. The van der Waals surface area contributed by atoms with Crippen LogP contribution < -0.4 is 20.5 Å². The number of hydrogen-bond acceptors (Lipinski definition) is 4. The maximum absolute atomic E-state index is 12.9. The quantitative estimate of drug-likeness (QED) is 0.232. The molecule has 3 aromatic rings. The lowest BCUT2D eigenvalue weighted by molar-refractivity contribution is 0.114. The minimum absolute atomic E-state index is 0. The van der Waals surface area contributed by atoms with E-state index in [4.69, 9.17) is 15.2 Å². The molecule has 0 bridgehead atoms. The molecule has 0 saturated carbocycles. The van der Waals surface area contributed by atoms with Crippen LogP contribution in [0.15, 0.2) is 83.9 Å². The van der Waals surface area contributed by atoms with Crippen molar-refractivity contribution in [2.75, 3.05) is 18.5 Å². The van der Waals surface area contributed by atoms with E-state index in [1.807, 2.05) is 48.5 Å². The fourth-order valence-electron chi connectivity index (χ4n) is 2.43. The summed E-state index contributed by atoms with van der Waals surface area (Å²) in [5.41, 5.74) is 6.59. The second kappa shape index (κ2) is 12.0. The number of rotatable bonds is 8. The standard InChI is InChI=1S/C22H22FN3O3.HI/c23-16-9-11-19(12-10-16)28-15-18(27)14-25-22(24)26-17-5-4-8-21(13-17)29-20-6-2-1-3-7-20;/h1-13,18,27H,14-15H2,(H3,24,25,26);1H. The van der Waals surface area contributed by atoms with Crippen LogP contribution in [-0.2, 0) is 0 Å². The number of hydrogen-bond donors (Lipinski definition) is 3. The third kappa shape index (κ3) is 7.88. The number of nitrogens with one attached hydrogen (secondary N) is 1. The molecule has 0 aliphatic heterocycles. The van der Waals surface area contributed by atoms with Gasteiger partial charge in [0.05, 0.1) is 6.54 Å². The van der Waals surface area contributed by atoms with Crippen molar-refractivity contribution in [3.05, 3.63) is 84.7 Å². The predicted octanol–water partition coefficient (Wildman–Crippen LogP) is 4.40. The van der Waals surface area contributed by atoms with Crippen LogP contribution in [0.25, 0.3) is 0 Å². The molecule has 30 heavy (non-hydrogen) atoms. The number of anilines is 1. The normalized spacial score (nSPS) is 11.9. The van der Waals surface area contributed by atoms with Gasteiger partial charge in [-0.2, -0.15) is 0 Å². The Kier molecular flexibility index (Phi) is 9.36. The molecule has 0 aromatic heterocycles. The molecule has 3 aromatic carbocycles. The first-order chi connectivity index (χ1) is 14.1. The van der Waals surface area contributed by atoms with E-state index in [1.54, 1.807) is 6.07 Å². The Balaban J connectivity index is 0.00000320. The number of para-hydroxylation sites is 1. The number of aliphatic hydroxyl groups is 1. The van der Waals surface area contributed by atoms with Gasteiger partial charge < -0.3 is 25.6 Å². The highest BCUT2D eigenvalue weighted by Gasteiger charge is 2.06. The molecule has 6 nitrogen and oxygen atoms in total. The summed E-state index contributed by atoms with van der Waals surface area (Å²) < 4.78 is 24.0. The van der Waals surface area contributed by atoms with E-state index in [1.165, 1.54) is 24.3 Å². The van der Waals surface area contributed by atoms with Gasteiger partial charge in [-0.25, -0.2) is 4.39 Å². The molecule has 158 valence electrons. The van der Waals surface area contributed by atoms with Crippen LogP contribution in [0, 0.1) is 5.82 Å². The van der Waals surface area contributed by atoms with Crippen molar-refractivity contribution >= 4 is 35.6 Å². The first-order valence-corrected chi connectivity index (χ1v) is 9.05. The Morgan fingerprint density at radius 2 is 1.67 bits per heavy atom. The molecule has 0 fully saturated rings. The third-order valence-electron chi connectivity index (χ3n) is 3.81. The van der Waals surface area contributed by atoms with E-state index >= 15 is 0 Å². The number of aliphatic imine (C=N–C) groups is 1. The summed E-state index contributed by atoms with van der Waals surface area (Å²) in [6, 6.07) is 22.3. The number of ether oxygens (including phenoxy) is 2. The SMILES string of the molecule is I.NC(=NCC(O)COc1ccc(F)cc1)Nc1cccc(Oc2ccccc2)c1. The molecule has 4 N–H and O–H groups in total. The van der Waals surface area contributed by atoms with Gasteiger partial charge >= 0.3 is 0 Å². The second-order valence-corrected chi connectivity index (χ2v) is 6.21. The minimum Gasteiger partial charge on any atom is -0.491 e. The monoisotopic (exact) mass is 523 g/mol. The van der Waals surface area contributed by atoms with Crippen molar-refractivity contribution in [3.8, 4) is 17.2 Å². The summed E-state index contributed by atoms with van der Waals surface area (Å²) in [7, 11) is 0. The van der Waals surface area contributed by atoms with E-state index in [9.17, 15) is 9.50 Å². The van der Waals surface area contributed by atoms with Gasteiger partial charge in [0.1, 0.15) is 35.8 Å². The van der Waals surface area contributed by atoms with Gasteiger partial charge in [-0.1, -0.05) is 24.3 Å². The molecule has 0 saturated heterocycles. The molecule has 8 heteroatoms. The van der Waals surface area contributed by atoms with E-state index in [-0.39, 0.29) is 48.9 Å². The van der Waals surface area contributed by atoms with Gasteiger partial charge in [0, 0.05) is 11.8 Å². The molecule has 0 aliphatic rings. The maximum Gasteiger partial charge on any atom is 0.193 e. The van der Waals surface area contributed by atoms with Crippen LogP contribution in [0.3, 0.4) is 0 Å². The van der Waals surface area contributed by atoms with Crippen molar-refractivity contribution < 1.29 is 19.0 Å². The van der Waals surface area contributed by atoms with Gasteiger partial charge in [0.15, 0.2) is 5.96 Å². The van der Waals surface area contributed by atoms with Crippen LogP contribution in [-0.4, -0.2) is 30.3 Å². The first-order valence-electron chi connectivity index (χ1n) is 9.05. The predicted molar refractivity (Wildman–Crippen MR) is 126 cm³/mol. The van der Waals surface area contributed by atoms with Gasteiger partial charge in [-0.15, -0.1) is 24.0 Å². The molecule has 0 radical (unpaired) electrons. The zero-order chi connectivity index (χ0) is 20.5. The lowest BCUT2D eigenvalue weighted by Crippen LogP contribution is -2.27. The highest BCUT2D eigenvalue weighted by Crippen LogP contribution is 2.23. The van der Waals surface area contributed by atoms with E-state index in [0.29, 0.717) is 17.2 Å². The molecule has 1 unspecified atom stereocenters. The molecule has 0 amide bonds. The molecule has 0 aliphatic carbocycles. The van der Waals surface area contributed by atoms with Gasteiger partial charge in [0.2, 0.25) is 0 Å². The zero-order valence-corrected chi connectivity index (χ0v) is 18.4. The summed E-state index contributed by atoms with van der Waals surface area (Å²) in [4.78, 5) is 4.11. The van der Waals surface area contributed by atoms with Crippen LogP contribution in [0.5, 0.6) is 17.2 Å². The fourth-order valence-corrected chi connectivity index (χ4v) is 2.43. The summed E-state index contributed by atoms with van der Waals surface area (Å²) in [6.07, 6.45) is -0.854. The fraction of sp³-hybridized carbons (Fsp3) is 0.136. The smallest absolute Gasteiger partial charge is 0.193 e. The molecule has 3 rings (SSSR count). The summed E-state index contributed by atoms with van der Waals surface area (Å²) in [5.74, 6) is 1.66. The number of guanidine groups is 1. The Morgan fingerprint density at radius 1 is 0.967 bits per heavy atom. The highest BCUT2D eigenvalue weighted by molar-refractivity contribution is 14.0. The summed E-state index contributed by atoms with van der Waals surface area (Å²) in [6.45, 7) is 0.0725. The molecule has 0 heterocycles. The van der Waals surface area contributed by atoms with E-state index in [2.05, 4.69) is 10.3 Å². The number of halogens is 2. The Labute approximate surface area is 191 Å². The average Bonchev–Trinajstić information content (AvgIpc) is 2.73. The van der Waals surface area contributed by atoms with Crippen LogP contribution in [0.4, 0.5) is 10.1 Å². The van der Waals surface area contributed by atoms with Crippen molar-refractivity contribution in [1.82, 2.24) is 0 Å². The lowest BCUT2D eigenvalue weighted by Gasteiger charge is -2.12. The third-order valence-corrected chi connectivity index (χ3v) is 3.81. The Morgan fingerprint density at radius 3 is 2.40 bits per heavy atom. The molecular weight excluding hydrogens is 500 g/mol. The van der Waals surface area contributed by atoms with E-state index < -0.39 is 6.10 Å². The number of nitrogens with two attached hydrogens (primary N) is 1. The van der Waals surface area contributed by atoms with Crippen molar-refractivity contribution in [2.24, 2.45) is 10.7 Å². The topological polar surface area (TPSA) is 89.1 Å². The van der Waals surface area contributed by atoms with Gasteiger partial charge in [-0.3, -0.25) is 4.99 Å². The number of benzene rings is 3. The lowest BCUT2D eigenvalue weighted by atomic mass is 10.3. The average molecular weight is 523 g/mol. The van der Waals surface area contributed by atoms with Crippen LogP contribution in [0.2, 0.25) is 0 Å². The van der Waals surface area contributed by atoms with Gasteiger partial charge in [0.25, 0.3) is 0 Å². The largest absolute Gasteiger partial charge is 0.491 e. The Hall–Kier alpha value is -2.85. The first kappa shape index (κ1) is 23.4. The summed E-state index contributed by atoms with van der Waals surface area (Å²) >= 11 is 0. The van der Waals surface area contributed by atoms with Gasteiger partial charge in [-0.05, 0) is 48.5 Å². The van der Waals surface area contributed by atoms with E-state index in [0.717, 1.165) is 5.75 Å². The van der Waals surface area contributed by atoms with Crippen molar-refractivity contribution in [3.63, 3.8) is 0 Å². The molecular formula is C22H23FIN3O3. The molecule has 1 atom stereocenters. The Bertz CT molecular complexity index is 940. The molecule has 0 spiro atoms. The van der Waals surface area contributed by atoms with Crippen molar-refractivity contribution in [2.45, 2.75) is 6.10 Å². The van der Waals surface area contributed by atoms with Crippen molar-refractivity contribution in [1.29, 1.82) is 0 Å². The minimum atomic E-state index is -0.854. The van der Waals surface area contributed by atoms with Crippen LogP contribution >= 0.6 is 24.0 Å². The summed E-state index contributed by atoms with van der Waals surface area (Å²) in [5, 5.41) is 12.9. The number of aliphatic hydroxyl groups excluding tert-OH is 1. The van der Waals surface area contributed by atoms with Crippen LogP contribution in [0.1, 0.15) is 0 Å². The highest BCUT2D eigenvalue weighted by atomic mass is 127. The zero-order valence-electron chi connectivity index (χ0n) is 16.1. The second-order valence-electron chi connectivity index (χ2n) is 6.21. The maximum atomic E-state index is 12.9.